The van der Waals surface area contributed by atoms with Crippen LogP contribution >= 0.6 is 11.6 Å². The topological polar surface area (TPSA) is 126 Å². The van der Waals surface area contributed by atoms with Gasteiger partial charge in [-0.2, -0.15) is 4.98 Å². The predicted octanol–water partition coefficient (Wildman–Crippen LogP) is 7.49. The van der Waals surface area contributed by atoms with Crippen molar-refractivity contribution in [2.45, 2.75) is 140 Å². The van der Waals surface area contributed by atoms with Crippen LogP contribution in [-0.2, 0) is 15.0 Å². The fourth-order valence-corrected chi connectivity index (χ4v) is 11.7. The lowest BCUT2D eigenvalue weighted by Gasteiger charge is -2.37. The molecular formula is C46H58ClN7O4. The molecule has 11 nitrogen and oxygen atoms in total. The molecule has 4 fully saturated rings. The smallest absolute Gasteiger partial charge is 0.282 e. The highest BCUT2D eigenvalue weighted by Gasteiger charge is 2.47. The Balaban J connectivity index is 0.838. The Kier molecular flexibility index (Phi) is 10.4. The molecule has 2 aromatic heterocycles. The van der Waals surface area contributed by atoms with Crippen LogP contribution in [0.4, 0.5) is 0 Å². The Bertz CT molecular complexity index is 2270. The van der Waals surface area contributed by atoms with Crippen LogP contribution in [0.15, 0.2) is 47.4 Å². The molecule has 3 aliphatic heterocycles. The molecule has 0 bridgehead atoms. The lowest BCUT2D eigenvalue weighted by molar-refractivity contribution is -0.143. The number of aliphatic hydroxyl groups excluding tert-OH is 1. The van der Waals surface area contributed by atoms with E-state index >= 15 is 0 Å². The largest absolute Gasteiger partial charge is 0.391 e. The second-order valence-electron chi connectivity index (χ2n) is 19.3. The molecule has 5 heterocycles. The van der Waals surface area contributed by atoms with Gasteiger partial charge in [-0.3, -0.25) is 19.0 Å². The summed E-state index contributed by atoms with van der Waals surface area (Å²) in [6, 6.07) is 11.7. The van der Waals surface area contributed by atoms with Gasteiger partial charge in [0.05, 0.1) is 44.9 Å². The summed E-state index contributed by atoms with van der Waals surface area (Å²) < 4.78 is 3.98. The number of aliphatic hydroxyl groups is 1. The molecule has 1 amide bonds. The van der Waals surface area contributed by atoms with Crippen LogP contribution in [0.2, 0.25) is 5.02 Å². The highest BCUT2D eigenvalue weighted by atomic mass is 35.5. The molecular weight excluding hydrogens is 750 g/mol. The summed E-state index contributed by atoms with van der Waals surface area (Å²) >= 11 is 6.62. The number of benzene rings is 2. The second-order valence-corrected chi connectivity index (χ2v) is 19.7. The number of aromatic nitrogens is 5. The first-order chi connectivity index (χ1) is 27.8. The molecule has 1 N–H and O–H groups in total. The quantitative estimate of drug-likeness (QED) is 0.204. The van der Waals surface area contributed by atoms with Crippen molar-refractivity contribution >= 4 is 34.2 Å². The lowest BCUT2D eigenvalue weighted by Crippen LogP contribution is -2.47. The van der Waals surface area contributed by atoms with Crippen LogP contribution in [0.1, 0.15) is 145 Å². The molecule has 0 unspecified atom stereocenters. The van der Waals surface area contributed by atoms with Gasteiger partial charge in [0.15, 0.2) is 5.78 Å². The Labute approximate surface area is 346 Å². The van der Waals surface area contributed by atoms with E-state index in [2.05, 4.69) is 38.0 Å². The summed E-state index contributed by atoms with van der Waals surface area (Å²) in [5.74, 6) is 2.06. The Morgan fingerprint density at radius 2 is 1.72 bits per heavy atom. The van der Waals surface area contributed by atoms with Crippen LogP contribution in [0, 0.1) is 11.3 Å². The Morgan fingerprint density at radius 3 is 2.43 bits per heavy atom. The highest BCUT2D eigenvalue weighted by molar-refractivity contribution is 6.35. The molecule has 2 aromatic carbocycles. The zero-order chi connectivity index (χ0) is 40.5. The molecule has 2 saturated heterocycles. The number of fused-ring (bicyclic) bond motifs is 7. The van der Waals surface area contributed by atoms with E-state index in [9.17, 15) is 19.5 Å². The third kappa shape index (κ3) is 6.92. The molecule has 3 atom stereocenters. The molecule has 58 heavy (non-hydrogen) atoms. The third-order valence-corrected chi connectivity index (χ3v) is 14.8. The van der Waals surface area contributed by atoms with E-state index in [0.717, 1.165) is 101 Å². The number of carbonyl (C=O) groups excluding carboxylic acids is 2. The van der Waals surface area contributed by atoms with Gasteiger partial charge in [0.1, 0.15) is 11.9 Å². The summed E-state index contributed by atoms with van der Waals surface area (Å²) in [5, 5.41) is 20.4. The van der Waals surface area contributed by atoms with Gasteiger partial charge in [-0.15, -0.1) is 5.10 Å². The number of halogens is 1. The van der Waals surface area contributed by atoms with Crippen LogP contribution in [-0.4, -0.2) is 89.5 Å². The first-order valence-electron chi connectivity index (χ1n) is 21.8. The highest BCUT2D eigenvalue weighted by Crippen LogP contribution is 2.52. The van der Waals surface area contributed by atoms with Crippen molar-refractivity contribution in [3.8, 4) is 5.69 Å². The third-order valence-electron chi connectivity index (χ3n) is 14.5. The lowest BCUT2D eigenvalue weighted by atomic mass is 9.69. The molecule has 5 aliphatic rings. The van der Waals surface area contributed by atoms with Gasteiger partial charge in [-0.25, -0.2) is 4.68 Å². The van der Waals surface area contributed by atoms with E-state index in [1.807, 2.05) is 39.1 Å². The fourth-order valence-electron chi connectivity index (χ4n) is 11.5. The van der Waals surface area contributed by atoms with Gasteiger partial charge >= 0.3 is 0 Å². The van der Waals surface area contributed by atoms with Gasteiger partial charge in [0.25, 0.3) is 5.56 Å². The number of hydrogen-bond donors (Lipinski definition) is 1. The molecule has 0 radical (unpaired) electrons. The van der Waals surface area contributed by atoms with Crippen molar-refractivity contribution < 1.29 is 14.7 Å². The average Bonchev–Trinajstić information content (AvgIpc) is 3.91. The van der Waals surface area contributed by atoms with Crippen molar-refractivity contribution in [1.82, 2.24) is 34.3 Å². The maximum Gasteiger partial charge on any atom is 0.282 e. The number of likely N-dealkylation sites (tertiary alicyclic amines) is 2. The molecule has 2 saturated carbocycles. The standard InChI is InChI=1S/C46H58ClN7O4/c1-28(55)38-24-33(56)26-52(38)43(58)41(45(2,3)4)53-27-36(49-50-53)31-13-11-29(12-14-31)25-51-21-17-30(18-22-51)32-15-16-34-39(23-32)54-37-10-8-9-35(47)40(37)42(57)48-44(54)46(34)19-6-5-7-20-46/h8-10,15-16,23,27,29-31,33,38,41,56H,5-7,11-14,17-22,24-26H2,1-4H3/t29?,31?,33-,38+,41-/m1/s1. The Morgan fingerprint density at radius 1 is 0.983 bits per heavy atom. The minimum Gasteiger partial charge on any atom is -0.391 e. The Hall–Kier alpha value is -3.93. The van der Waals surface area contributed by atoms with Crippen molar-refractivity contribution in [1.29, 1.82) is 0 Å². The molecule has 4 aromatic rings. The van der Waals surface area contributed by atoms with Crippen LogP contribution in [0.3, 0.4) is 0 Å². The van der Waals surface area contributed by atoms with E-state index in [1.165, 1.54) is 30.2 Å². The van der Waals surface area contributed by atoms with Crippen molar-refractivity contribution in [3.63, 3.8) is 0 Å². The number of carbonyl (C=O) groups is 2. The number of piperidine rings is 1. The number of hydrogen-bond acceptors (Lipinski definition) is 8. The average molecular weight is 808 g/mol. The molecule has 9 rings (SSSR count). The van der Waals surface area contributed by atoms with Gasteiger partial charge in [0, 0.05) is 31.6 Å². The monoisotopic (exact) mass is 807 g/mol. The zero-order valence-corrected chi connectivity index (χ0v) is 35.3. The van der Waals surface area contributed by atoms with Crippen molar-refractivity contribution in [3.05, 3.63) is 80.6 Å². The van der Waals surface area contributed by atoms with Gasteiger partial charge in [-0.05, 0) is 118 Å². The number of nitrogens with zero attached hydrogens (tertiary/aromatic N) is 7. The predicted molar refractivity (Wildman–Crippen MR) is 225 cm³/mol. The maximum atomic E-state index is 13.9. The van der Waals surface area contributed by atoms with Crippen molar-refractivity contribution in [2.75, 3.05) is 26.2 Å². The molecule has 1 spiro atoms. The summed E-state index contributed by atoms with van der Waals surface area (Å²) in [4.78, 5) is 48.7. The summed E-state index contributed by atoms with van der Waals surface area (Å²) in [6.07, 6.45) is 13.7. The van der Waals surface area contributed by atoms with E-state index in [4.69, 9.17) is 16.6 Å². The van der Waals surface area contributed by atoms with Gasteiger partial charge < -0.3 is 14.9 Å². The first kappa shape index (κ1) is 39.5. The minimum absolute atomic E-state index is 0.102. The van der Waals surface area contributed by atoms with Crippen LogP contribution < -0.4 is 5.56 Å². The number of rotatable bonds is 7. The van der Waals surface area contributed by atoms with Gasteiger partial charge in [0.2, 0.25) is 5.91 Å². The summed E-state index contributed by atoms with van der Waals surface area (Å²) in [7, 11) is 0. The molecule has 2 aliphatic carbocycles. The normalized spacial score (nSPS) is 25.6. The summed E-state index contributed by atoms with van der Waals surface area (Å²) in [6.45, 7) is 11.0. The number of amides is 1. The van der Waals surface area contributed by atoms with E-state index < -0.39 is 23.6 Å². The molecule has 12 heteroatoms. The second kappa shape index (κ2) is 15.3. The van der Waals surface area contributed by atoms with Crippen LogP contribution in [0.5, 0.6) is 0 Å². The minimum atomic E-state index is -0.696. The van der Waals surface area contributed by atoms with Crippen LogP contribution in [0.25, 0.3) is 16.6 Å². The number of Topliss-reactive ketones (excluding diaryl/α,β-unsaturated/α-hetero) is 1. The SMILES string of the molecule is CC(=O)[C@@H]1C[C@@H](O)CN1C(=O)[C@@H](n1cc(C2CCC(CN3CCC(c4ccc5c(c4)-n4c(nc(=O)c6c(Cl)cccc64)C54CCCCC4)CC3)CC2)nn1)C(C)(C)C. The number of ketones is 1. The molecule has 308 valence electrons. The fraction of sp³-hybridized carbons (Fsp3) is 0.609. The number of β-amino-alcohol motifs (C(OH)–C–C–N with tert-alkyl or cyclic N) is 1. The summed E-state index contributed by atoms with van der Waals surface area (Å²) in [5.41, 5.74) is 4.79. The van der Waals surface area contributed by atoms with E-state index in [0.29, 0.717) is 28.2 Å². The maximum absolute atomic E-state index is 13.9. The van der Waals surface area contributed by atoms with Crippen molar-refractivity contribution in [2.24, 2.45) is 11.3 Å². The zero-order valence-electron chi connectivity index (χ0n) is 34.5. The van der Waals surface area contributed by atoms with E-state index in [-0.39, 0.29) is 35.6 Å². The first-order valence-corrected chi connectivity index (χ1v) is 22.2. The van der Waals surface area contributed by atoms with Gasteiger partial charge in [-0.1, -0.05) is 75.0 Å². The van der Waals surface area contributed by atoms with E-state index in [1.54, 1.807) is 15.6 Å².